The molecule has 2 saturated heterocycles. The molecular formula is C23H28O9. The first kappa shape index (κ1) is 23.7. The lowest BCUT2D eigenvalue weighted by Crippen LogP contribution is -2.47. The van der Waals surface area contributed by atoms with Gasteiger partial charge in [-0.3, -0.25) is 4.79 Å². The molecular weight excluding hydrogens is 420 g/mol. The third-order valence-corrected chi connectivity index (χ3v) is 6.07. The van der Waals surface area contributed by atoms with Gasteiger partial charge in [-0.15, -0.1) is 0 Å². The Morgan fingerprint density at radius 1 is 1.25 bits per heavy atom. The van der Waals surface area contributed by atoms with Crippen LogP contribution in [0.3, 0.4) is 0 Å². The van der Waals surface area contributed by atoms with Gasteiger partial charge in [-0.1, -0.05) is 18.2 Å². The van der Waals surface area contributed by atoms with E-state index in [4.69, 9.17) is 23.7 Å². The highest BCUT2D eigenvalue weighted by Gasteiger charge is 2.59. The van der Waals surface area contributed by atoms with E-state index in [1.165, 1.54) is 14.0 Å². The summed E-state index contributed by atoms with van der Waals surface area (Å²) in [5, 5.41) is 0. The molecule has 0 aromatic rings. The number of hydrogen-bond acceptors (Lipinski definition) is 9. The summed E-state index contributed by atoms with van der Waals surface area (Å²) in [6.07, 6.45) is 0.540. The maximum atomic E-state index is 13.0. The van der Waals surface area contributed by atoms with Crippen molar-refractivity contribution in [3.05, 3.63) is 35.5 Å². The predicted molar refractivity (Wildman–Crippen MR) is 110 cm³/mol. The Bertz CT molecular complexity index is 914. The highest BCUT2D eigenvalue weighted by atomic mass is 16.7. The molecule has 0 aromatic carbocycles. The van der Waals surface area contributed by atoms with E-state index in [9.17, 15) is 19.2 Å². The second kappa shape index (κ2) is 8.90. The van der Waals surface area contributed by atoms with Gasteiger partial charge in [0.15, 0.2) is 17.8 Å². The van der Waals surface area contributed by atoms with E-state index >= 15 is 0 Å². The molecule has 3 rings (SSSR count). The molecule has 6 atom stereocenters. The summed E-state index contributed by atoms with van der Waals surface area (Å²) in [7, 11) is 1.20. The van der Waals surface area contributed by atoms with Crippen molar-refractivity contribution in [2.24, 2.45) is 5.92 Å². The molecule has 174 valence electrons. The summed E-state index contributed by atoms with van der Waals surface area (Å²) in [5.74, 6) is -3.70. The molecule has 1 aliphatic carbocycles. The molecule has 0 radical (unpaired) electrons. The van der Waals surface area contributed by atoms with Crippen LogP contribution in [0, 0.1) is 5.92 Å². The molecule has 3 aliphatic rings. The first-order valence-electron chi connectivity index (χ1n) is 10.4. The molecule has 0 unspecified atom stereocenters. The predicted octanol–water partition coefficient (Wildman–Crippen LogP) is 1.94. The van der Waals surface area contributed by atoms with E-state index in [1.807, 2.05) is 6.92 Å². The van der Waals surface area contributed by atoms with Gasteiger partial charge >= 0.3 is 23.9 Å². The van der Waals surface area contributed by atoms with E-state index in [0.717, 1.165) is 5.57 Å². The van der Waals surface area contributed by atoms with Gasteiger partial charge in [0.25, 0.3) is 0 Å². The maximum absolute atomic E-state index is 13.0. The minimum Gasteiger partial charge on any atom is -0.466 e. The summed E-state index contributed by atoms with van der Waals surface area (Å²) in [4.78, 5) is 50.0. The Balaban J connectivity index is 2.14. The third-order valence-electron chi connectivity index (χ3n) is 6.07. The van der Waals surface area contributed by atoms with E-state index in [2.05, 4.69) is 6.58 Å². The van der Waals surface area contributed by atoms with Crippen molar-refractivity contribution in [1.82, 2.24) is 0 Å². The number of fused-ring (bicyclic) bond motifs is 1. The molecule has 0 spiro atoms. The number of ether oxygens (including phenoxy) is 5. The minimum absolute atomic E-state index is 0.0102. The van der Waals surface area contributed by atoms with Gasteiger partial charge in [-0.05, 0) is 39.7 Å². The number of allylic oxidation sites excluding steroid dienone is 2. The number of esters is 4. The molecule has 2 heterocycles. The van der Waals surface area contributed by atoms with Crippen molar-refractivity contribution < 1.29 is 42.9 Å². The van der Waals surface area contributed by atoms with Crippen LogP contribution in [0.4, 0.5) is 0 Å². The third kappa shape index (κ3) is 4.48. The summed E-state index contributed by atoms with van der Waals surface area (Å²) in [6.45, 7) is 10.2. The van der Waals surface area contributed by atoms with Crippen LogP contribution in [0.1, 0.15) is 40.5 Å². The molecule has 2 fully saturated rings. The zero-order chi connectivity index (χ0) is 23.8. The molecule has 0 saturated carbocycles. The largest absolute Gasteiger partial charge is 0.466 e. The Morgan fingerprint density at radius 3 is 2.47 bits per heavy atom. The van der Waals surface area contributed by atoms with Gasteiger partial charge in [-0.2, -0.15) is 0 Å². The number of carbonyl (C=O) groups is 4. The molecule has 0 amide bonds. The normalized spacial score (nSPS) is 36.0. The van der Waals surface area contributed by atoms with Crippen LogP contribution in [0.2, 0.25) is 0 Å². The highest BCUT2D eigenvalue weighted by molar-refractivity contribution is 5.93. The smallest absolute Gasteiger partial charge is 0.341 e. The Labute approximate surface area is 186 Å². The lowest BCUT2D eigenvalue weighted by Gasteiger charge is -2.33. The first-order valence-corrected chi connectivity index (χ1v) is 10.4. The van der Waals surface area contributed by atoms with Crippen molar-refractivity contribution in [3.63, 3.8) is 0 Å². The van der Waals surface area contributed by atoms with E-state index in [1.54, 1.807) is 26.0 Å². The fourth-order valence-corrected chi connectivity index (χ4v) is 3.98. The van der Waals surface area contributed by atoms with Gasteiger partial charge in [0, 0.05) is 12.5 Å². The number of methoxy groups -OCH3 is 1. The number of rotatable bonds is 4. The Morgan fingerprint density at radius 2 is 1.91 bits per heavy atom. The van der Waals surface area contributed by atoms with Crippen LogP contribution < -0.4 is 0 Å². The number of carbonyl (C=O) groups excluding carboxylic acids is 4. The van der Waals surface area contributed by atoms with Gasteiger partial charge in [0.05, 0.1) is 24.7 Å². The summed E-state index contributed by atoms with van der Waals surface area (Å²) in [6, 6.07) is 0. The zero-order valence-electron chi connectivity index (χ0n) is 18.8. The van der Waals surface area contributed by atoms with Crippen molar-refractivity contribution in [3.8, 4) is 0 Å². The summed E-state index contributed by atoms with van der Waals surface area (Å²) >= 11 is 0. The molecule has 2 aliphatic heterocycles. The Kier molecular flexibility index (Phi) is 6.59. The molecule has 32 heavy (non-hydrogen) atoms. The first-order chi connectivity index (χ1) is 15.0. The van der Waals surface area contributed by atoms with Gasteiger partial charge in [-0.25, -0.2) is 14.4 Å². The summed E-state index contributed by atoms with van der Waals surface area (Å²) < 4.78 is 27.1. The van der Waals surface area contributed by atoms with Crippen molar-refractivity contribution in [1.29, 1.82) is 0 Å². The van der Waals surface area contributed by atoms with Gasteiger partial charge in [0.1, 0.15) is 6.10 Å². The van der Waals surface area contributed by atoms with Crippen LogP contribution >= 0.6 is 0 Å². The molecule has 0 aromatic heterocycles. The van der Waals surface area contributed by atoms with E-state index < -0.39 is 53.7 Å². The SMILES string of the molecule is C=C1C(=O)O[C@@H]2/C=C(/C)CCC=C(C(=O)OC)[C@H](OC(C)=O)[C@@H](OC(=O)[C@@]3(C)O[C@H]3C)[C@@H]12. The number of epoxide rings is 1. The average Bonchev–Trinajstić information content (AvgIpc) is 3.25. The highest BCUT2D eigenvalue weighted by Crippen LogP contribution is 2.41. The molecule has 9 nitrogen and oxygen atoms in total. The second-order valence-electron chi connectivity index (χ2n) is 8.39. The number of hydrogen-bond donors (Lipinski definition) is 0. The standard InChI is InChI=1S/C23H28O9/c1-11-8-7-9-15(21(26)28-6)18(29-14(4)24)19(31-22(27)23(5)13(3)32-23)17-12(2)20(25)30-16(17)10-11/h9-10,13,16-19H,2,7-8H2,1,3-6H3/b11-10-,15-9?/t13-,16+,17-,18-,19-,23-/m0/s1. The summed E-state index contributed by atoms with van der Waals surface area (Å²) in [5.41, 5.74) is -0.216. The molecule has 9 heteroatoms. The molecule has 0 bridgehead atoms. The molecule has 0 N–H and O–H groups in total. The topological polar surface area (TPSA) is 118 Å². The van der Waals surface area contributed by atoms with Crippen LogP contribution in [0.25, 0.3) is 0 Å². The van der Waals surface area contributed by atoms with Crippen molar-refractivity contribution in [2.45, 2.75) is 70.6 Å². The van der Waals surface area contributed by atoms with E-state index in [0.29, 0.717) is 12.8 Å². The van der Waals surface area contributed by atoms with Crippen LogP contribution in [0.15, 0.2) is 35.5 Å². The zero-order valence-corrected chi connectivity index (χ0v) is 18.8. The van der Waals surface area contributed by atoms with Crippen LogP contribution in [-0.2, 0) is 42.9 Å². The van der Waals surface area contributed by atoms with Crippen LogP contribution in [-0.4, -0.2) is 61.0 Å². The van der Waals surface area contributed by atoms with Crippen molar-refractivity contribution >= 4 is 23.9 Å². The quantitative estimate of drug-likeness (QED) is 0.209. The maximum Gasteiger partial charge on any atom is 0.341 e. The second-order valence-corrected chi connectivity index (χ2v) is 8.39. The fourth-order valence-electron chi connectivity index (χ4n) is 3.98. The fraction of sp³-hybridized carbons (Fsp3) is 0.565. The van der Waals surface area contributed by atoms with Gasteiger partial charge in [0.2, 0.25) is 0 Å². The van der Waals surface area contributed by atoms with Crippen LogP contribution in [0.5, 0.6) is 0 Å². The lowest BCUT2D eigenvalue weighted by molar-refractivity contribution is -0.173. The monoisotopic (exact) mass is 448 g/mol. The average molecular weight is 448 g/mol. The Hall–Kier alpha value is -2.94. The van der Waals surface area contributed by atoms with Crippen molar-refractivity contribution in [2.75, 3.05) is 7.11 Å². The minimum atomic E-state index is -1.34. The lowest BCUT2D eigenvalue weighted by atomic mass is 9.83. The van der Waals surface area contributed by atoms with E-state index in [-0.39, 0.29) is 17.3 Å². The van der Waals surface area contributed by atoms with Gasteiger partial charge < -0.3 is 23.7 Å².